The predicted molar refractivity (Wildman–Crippen MR) is 165 cm³/mol. The Kier molecular flexibility index (Phi) is 10.0. The van der Waals surface area contributed by atoms with E-state index in [9.17, 15) is 24.0 Å². The summed E-state index contributed by atoms with van der Waals surface area (Å²) in [5.74, 6) is -1.71. The van der Waals surface area contributed by atoms with Crippen LogP contribution in [-0.2, 0) is 20.8 Å². The first kappa shape index (κ1) is 31.3. The van der Waals surface area contributed by atoms with Crippen molar-refractivity contribution in [3.63, 3.8) is 0 Å². The fraction of sp³-hybridized carbons (Fsp3) is 0.433. The van der Waals surface area contributed by atoms with E-state index in [2.05, 4.69) is 31.2 Å². The van der Waals surface area contributed by atoms with Gasteiger partial charge in [0, 0.05) is 30.3 Å². The third-order valence-electron chi connectivity index (χ3n) is 7.47. The number of nitrogens with zero attached hydrogens (tertiary/aromatic N) is 3. The van der Waals surface area contributed by atoms with Gasteiger partial charge in [-0.05, 0) is 30.7 Å². The number of nitrogens with one attached hydrogen (secondary N) is 4. The normalized spacial score (nSPS) is 21.9. The lowest BCUT2D eigenvalue weighted by Crippen LogP contribution is -2.49. The molecule has 0 aliphatic carbocycles. The van der Waals surface area contributed by atoms with Crippen LogP contribution in [-0.4, -0.2) is 70.1 Å². The second-order valence-electron chi connectivity index (χ2n) is 11.2. The molecule has 4 N–H and O–H groups in total. The standard InChI is InChI=1S/C30H35N7O5S2/c1-17(2)25-29-35-21(15-44-29)26(40)31-11-6-12-37(30(42)19-9-10-23(38)32-19)14-24(39)33-20(13-18-7-4-3-5-8-18)28-34-22(16-43-28)27(41)36-25/h3-5,7-8,15-17,19-20,25H,6,9-14H2,1-2H3,(H,31,40)(H,32,38)(H,33,39)(H,36,41)/t19-,20-,25-/m0/s1. The Balaban J connectivity index is 1.45. The van der Waals surface area contributed by atoms with Gasteiger partial charge in [0.25, 0.3) is 11.8 Å². The molecule has 232 valence electrons. The first-order valence-corrected chi connectivity index (χ1v) is 16.3. The zero-order valence-electron chi connectivity index (χ0n) is 24.5. The number of thiazole rings is 2. The van der Waals surface area contributed by atoms with E-state index in [4.69, 9.17) is 0 Å². The van der Waals surface area contributed by atoms with E-state index in [1.165, 1.54) is 27.6 Å². The molecule has 1 saturated heterocycles. The second kappa shape index (κ2) is 14.1. The molecule has 1 aromatic carbocycles. The molecule has 14 heteroatoms. The molecule has 5 amide bonds. The minimum Gasteiger partial charge on any atom is -0.351 e. The van der Waals surface area contributed by atoms with Crippen LogP contribution in [0.4, 0.5) is 0 Å². The number of rotatable bonds is 4. The zero-order chi connectivity index (χ0) is 31.2. The minimum absolute atomic E-state index is 0.00786. The lowest BCUT2D eigenvalue weighted by atomic mass is 10.0. The number of benzene rings is 1. The van der Waals surface area contributed by atoms with Gasteiger partial charge >= 0.3 is 0 Å². The number of aromatic nitrogens is 2. The fourth-order valence-corrected chi connectivity index (χ4v) is 7.00. The third kappa shape index (κ3) is 7.66. The van der Waals surface area contributed by atoms with Crippen molar-refractivity contribution in [2.75, 3.05) is 19.6 Å². The number of hydrogen-bond acceptors (Lipinski definition) is 9. The molecule has 2 aliphatic rings. The first-order valence-electron chi connectivity index (χ1n) is 14.6. The summed E-state index contributed by atoms with van der Waals surface area (Å²) in [6.45, 7) is 4.12. The van der Waals surface area contributed by atoms with Crippen LogP contribution in [0.25, 0.3) is 0 Å². The van der Waals surface area contributed by atoms with Gasteiger partial charge in [0.1, 0.15) is 27.4 Å². The summed E-state index contributed by atoms with van der Waals surface area (Å²) in [5, 5.41) is 16.0. The molecule has 0 radical (unpaired) electrons. The Hall–Kier alpha value is -4.17. The first-order chi connectivity index (χ1) is 21.2. The summed E-state index contributed by atoms with van der Waals surface area (Å²) in [7, 11) is 0. The highest BCUT2D eigenvalue weighted by Crippen LogP contribution is 2.27. The molecule has 0 spiro atoms. The van der Waals surface area contributed by atoms with E-state index in [0.717, 1.165) is 5.56 Å². The van der Waals surface area contributed by atoms with Crippen molar-refractivity contribution in [1.82, 2.24) is 36.1 Å². The summed E-state index contributed by atoms with van der Waals surface area (Å²) < 4.78 is 0. The van der Waals surface area contributed by atoms with Gasteiger partial charge in [-0.25, -0.2) is 9.97 Å². The van der Waals surface area contributed by atoms with Gasteiger partial charge in [-0.3, -0.25) is 24.0 Å². The van der Waals surface area contributed by atoms with E-state index in [1.807, 2.05) is 44.2 Å². The minimum atomic E-state index is -0.700. The van der Waals surface area contributed by atoms with Crippen molar-refractivity contribution in [2.45, 2.75) is 57.7 Å². The van der Waals surface area contributed by atoms with Gasteiger partial charge in [0.2, 0.25) is 17.7 Å². The van der Waals surface area contributed by atoms with Gasteiger partial charge in [0.05, 0.1) is 18.6 Å². The summed E-state index contributed by atoms with van der Waals surface area (Å²) in [6.07, 6.45) is 1.42. The van der Waals surface area contributed by atoms with Crippen molar-refractivity contribution >= 4 is 52.2 Å². The molecule has 12 nitrogen and oxygen atoms in total. The van der Waals surface area contributed by atoms with E-state index in [1.54, 1.807) is 10.8 Å². The molecular formula is C30H35N7O5S2. The Morgan fingerprint density at radius 3 is 2.34 bits per heavy atom. The quantitative estimate of drug-likeness (QED) is 0.341. The monoisotopic (exact) mass is 637 g/mol. The SMILES string of the molecule is CC(C)[C@@H]1NC(=O)c2csc(n2)[C@H](Cc2ccccc2)NC(=O)CN(C(=O)[C@@H]2CCC(=O)N2)CCCNC(=O)c2csc1n2. The van der Waals surface area contributed by atoms with E-state index < -0.39 is 24.0 Å². The van der Waals surface area contributed by atoms with Crippen LogP contribution in [0.15, 0.2) is 41.1 Å². The van der Waals surface area contributed by atoms with Crippen molar-refractivity contribution in [2.24, 2.45) is 5.92 Å². The fourth-order valence-electron chi connectivity index (χ4n) is 5.13. The lowest BCUT2D eigenvalue weighted by Gasteiger charge is -2.26. The largest absolute Gasteiger partial charge is 0.351 e. The van der Waals surface area contributed by atoms with Crippen molar-refractivity contribution in [3.05, 3.63) is 68.1 Å². The highest BCUT2D eigenvalue weighted by atomic mass is 32.1. The summed E-state index contributed by atoms with van der Waals surface area (Å²) in [4.78, 5) is 75.4. The molecule has 4 heterocycles. The van der Waals surface area contributed by atoms with Crippen molar-refractivity contribution in [1.29, 1.82) is 0 Å². The molecular weight excluding hydrogens is 603 g/mol. The number of fused-ring (bicyclic) bond motifs is 4. The van der Waals surface area contributed by atoms with E-state index in [0.29, 0.717) is 29.3 Å². The van der Waals surface area contributed by atoms with Gasteiger partial charge in [-0.1, -0.05) is 44.2 Å². The van der Waals surface area contributed by atoms with Crippen LogP contribution in [0.2, 0.25) is 0 Å². The van der Waals surface area contributed by atoms with E-state index >= 15 is 0 Å². The van der Waals surface area contributed by atoms with Crippen LogP contribution in [0.3, 0.4) is 0 Å². The average molecular weight is 638 g/mol. The maximum Gasteiger partial charge on any atom is 0.271 e. The Labute approximate surface area is 263 Å². The Bertz CT molecular complexity index is 1520. The Morgan fingerprint density at radius 1 is 0.932 bits per heavy atom. The number of amides is 5. The van der Waals surface area contributed by atoms with Crippen LogP contribution in [0.5, 0.6) is 0 Å². The zero-order valence-corrected chi connectivity index (χ0v) is 26.1. The highest BCUT2D eigenvalue weighted by molar-refractivity contribution is 7.10. The van der Waals surface area contributed by atoms with Crippen LogP contribution < -0.4 is 21.3 Å². The molecule has 1 fully saturated rings. The molecule has 2 aromatic heterocycles. The predicted octanol–water partition coefficient (Wildman–Crippen LogP) is 2.37. The molecule has 0 unspecified atom stereocenters. The van der Waals surface area contributed by atoms with Gasteiger partial charge < -0.3 is 26.2 Å². The average Bonchev–Trinajstić information content (AvgIpc) is 3.78. The number of hydrogen-bond donors (Lipinski definition) is 4. The summed E-state index contributed by atoms with van der Waals surface area (Å²) in [6, 6.07) is 7.94. The Morgan fingerprint density at radius 2 is 1.64 bits per heavy atom. The van der Waals surface area contributed by atoms with Gasteiger partial charge in [-0.2, -0.15) is 0 Å². The van der Waals surface area contributed by atoms with Crippen molar-refractivity contribution < 1.29 is 24.0 Å². The molecule has 44 heavy (non-hydrogen) atoms. The maximum atomic E-state index is 13.5. The van der Waals surface area contributed by atoms with Crippen molar-refractivity contribution in [3.8, 4) is 0 Å². The third-order valence-corrected chi connectivity index (χ3v) is 9.36. The lowest BCUT2D eigenvalue weighted by molar-refractivity contribution is -0.138. The van der Waals surface area contributed by atoms with E-state index in [-0.39, 0.29) is 67.0 Å². The molecule has 2 aliphatic heterocycles. The number of carbonyl (C=O) groups excluding carboxylic acids is 5. The molecule has 3 atom stereocenters. The topological polar surface area (TPSA) is 162 Å². The highest BCUT2D eigenvalue weighted by Gasteiger charge is 2.32. The van der Waals surface area contributed by atoms with Gasteiger partial charge in [-0.15, -0.1) is 22.7 Å². The second-order valence-corrected chi connectivity index (χ2v) is 13.0. The van der Waals surface area contributed by atoms with Gasteiger partial charge in [0.15, 0.2) is 0 Å². The summed E-state index contributed by atoms with van der Waals surface area (Å²) >= 11 is 2.57. The number of carbonyl (C=O) groups is 5. The molecule has 3 aromatic rings. The maximum absolute atomic E-state index is 13.5. The van der Waals surface area contributed by atoms with Crippen LogP contribution in [0.1, 0.15) is 81.7 Å². The molecule has 5 rings (SSSR count). The molecule has 0 saturated carbocycles. The van der Waals surface area contributed by atoms with Crippen LogP contribution in [0, 0.1) is 5.92 Å². The van der Waals surface area contributed by atoms with Crippen LogP contribution >= 0.6 is 22.7 Å². The molecule has 4 bridgehead atoms. The summed E-state index contributed by atoms with van der Waals surface area (Å²) in [5.41, 5.74) is 1.42. The smallest absolute Gasteiger partial charge is 0.271 e.